The minimum absolute atomic E-state index is 0. The van der Waals surface area contributed by atoms with Crippen LogP contribution in [0.4, 0.5) is 0 Å². The molecule has 0 bridgehead atoms. The molecule has 0 aromatic heterocycles. The lowest BCUT2D eigenvalue weighted by atomic mass is 9.95. The van der Waals surface area contributed by atoms with Crippen molar-refractivity contribution in [3.05, 3.63) is 0 Å². The summed E-state index contributed by atoms with van der Waals surface area (Å²) in [4.78, 5) is 0. The van der Waals surface area contributed by atoms with Gasteiger partial charge in [0.1, 0.15) is 0 Å². The first-order chi connectivity index (χ1) is 4.80. The number of aliphatic hydroxyl groups is 1. The predicted molar refractivity (Wildman–Crippen MR) is 48.9 cm³/mol. The maximum Gasteiger partial charge on any atom is 0.0691 e. The summed E-state index contributed by atoms with van der Waals surface area (Å²) < 4.78 is 0. The molecule has 0 saturated heterocycles. The Morgan fingerprint density at radius 3 is 2.18 bits per heavy atom. The van der Waals surface area contributed by atoms with Gasteiger partial charge in [0.05, 0.1) is 6.10 Å². The summed E-state index contributed by atoms with van der Waals surface area (Å²) in [5, 5.41) is 9.36. The van der Waals surface area contributed by atoms with Gasteiger partial charge in [-0.15, -0.1) is 12.4 Å². The van der Waals surface area contributed by atoms with E-state index in [0.29, 0.717) is 0 Å². The monoisotopic (exact) mass is 179 g/mol. The van der Waals surface area contributed by atoms with E-state index < -0.39 is 0 Å². The zero-order valence-corrected chi connectivity index (χ0v) is 7.65. The summed E-state index contributed by atoms with van der Waals surface area (Å²) in [6, 6.07) is 0.0419. The summed E-state index contributed by atoms with van der Waals surface area (Å²) in [7, 11) is 0. The minimum Gasteiger partial charge on any atom is -0.392 e. The number of halogens is 1. The van der Waals surface area contributed by atoms with Gasteiger partial charge in [-0.3, -0.25) is 0 Å². The Hall–Kier alpha value is 0.210. The van der Waals surface area contributed by atoms with E-state index in [2.05, 4.69) is 0 Å². The molecule has 1 saturated carbocycles. The van der Waals surface area contributed by atoms with E-state index in [1.807, 2.05) is 0 Å². The Balaban J connectivity index is 0.000001000. The third-order valence-electron chi connectivity index (χ3n) is 2.28. The van der Waals surface area contributed by atoms with E-state index >= 15 is 0 Å². The van der Waals surface area contributed by atoms with Crippen LogP contribution in [0, 0.1) is 0 Å². The number of hydrogen-bond acceptors (Lipinski definition) is 2. The van der Waals surface area contributed by atoms with E-state index in [9.17, 15) is 5.11 Å². The van der Waals surface area contributed by atoms with E-state index in [1.165, 1.54) is 19.3 Å². The quantitative estimate of drug-likeness (QED) is 0.592. The topological polar surface area (TPSA) is 46.2 Å². The van der Waals surface area contributed by atoms with Gasteiger partial charge in [0.25, 0.3) is 0 Å². The van der Waals surface area contributed by atoms with E-state index in [4.69, 9.17) is 5.73 Å². The first-order valence-electron chi connectivity index (χ1n) is 4.24. The van der Waals surface area contributed by atoms with Crippen LogP contribution < -0.4 is 5.73 Å². The molecule has 0 spiro atoms. The van der Waals surface area contributed by atoms with Crippen molar-refractivity contribution in [3.63, 3.8) is 0 Å². The van der Waals surface area contributed by atoms with Gasteiger partial charge in [0, 0.05) is 6.04 Å². The Labute approximate surface area is 74.6 Å². The molecule has 1 rings (SSSR count). The molecule has 1 aliphatic carbocycles. The van der Waals surface area contributed by atoms with E-state index in [1.54, 1.807) is 0 Å². The molecule has 68 valence electrons. The van der Waals surface area contributed by atoms with Gasteiger partial charge >= 0.3 is 0 Å². The molecule has 3 N–H and O–H groups in total. The molecular weight excluding hydrogens is 162 g/mol. The van der Waals surface area contributed by atoms with Crippen LogP contribution in [0.3, 0.4) is 0 Å². The normalized spacial score (nSPS) is 33.3. The maximum absolute atomic E-state index is 9.36. The van der Waals surface area contributed by atoms with Gasteiger partial charge < -0.3 is 10.8 Å². The van der Waals surface area contributed by atoms with Crippen molar-refractivity contribution in [1.29, 1.82) is 0 Å². The third kappa shape index (κ3) is 3.94. The molecule has 11 heavy (non-hydrogen) atoms. The Morgan fingerprint density at radius 1 is 1.00 bits per heavy atom. The number of aliphatic hydroxyl groups excluding tert-OH is 1. The molecule has 0 aromatic rings. The molecule has 3 heteroatoms. The molecule has 1 aliphatic rings. The average molecular weight is 180 g/mol. The first kappa shape index (κ1) is 11.2. The largest absolute Gasteiger partial charge is 0.392 e. The molecule has 0 radical (unpaired) electrons. The van der Waals surface area contributed by atoms with Gasteiger partial charge in [-0.05, 0) is 12.8 Å². The van der Waals surface area contributed by atoms with Crippen LogP contribution in [0.25, 0.3) is 0 Å². The van der Waals surface area contributed by atoms with E-state index in [0.717, 1.165) is 19.3 Å². The maximum atomic E-state index is 9.36. The highest BCUT2D eigenvalue weighted by molar-refractivity contribution is 5.85. The van der Waals surface area contributed by atoms with Crippen LogP contribution in [0.1, 0.15) is 38.5 Å². The standard InChI is InChI=1S/C8H17NO.ClH/c9-7-5-3-1-2-4-6-8(7)10;/h7-8,10H,1-6,9H2;1H. The fraction of sp³-hybridized carbons (Fsp3) is 1.00. The van der Waals surface area contributed by atoms with Crippen molar-refractivity contribution in [2.24, 2.45) is 5.73 Å². The lowest BCUT2D eigenvalue weighted by Crippen LogP contribution is -2.35. The fourth-order valence-corrected chi connectivity index (χ4v) is 1.49. The van der Waals surface area contributed by atoms with Gasteiger partial charge in [-0.2, -0.15) is 0 Å². The van der Waals surface area contributed by atoms with Crippen LogP contribution in [0.2, 0.25) is 0 Å². The zero-order chi connectivity index (χ0) is 7.40. The summed E-state index contributed by atoms with van der Waals surface area (Å²) in [6.07, 6.45) is 6.57. The van der Waals surface area contributed by atoms with Crippen molar-refractivity contribution >= 4 is 12.4 Å². The van der Waals surface area contributed by atoms with Crippen LogP contribution in [0.15, 0.2) is 0 Å². The van der Waals surface area contributed by atoms with Crippen molar-refractivity contribution in [2.75, 3.05) is 0 Å². The summed E-state index contributed by atoms with van der Waals surface area (Å²) in [6.45, 7) is 0. The zero-order valence-electron chi connectivity index (χ0n) is 6.83. The average Bonchev–Trinajstić information content (AvgIpc) is 1.92. The van der Waals surface area contributed by atoms with Gasteiger partial charge in [-0.1, -0.05) is 25.7 Å². The van der Waals surface area contributed by atoms with Crippen molar-refractivity contribution in [2.45, 2.75) is 50.7 Å². The number of rotatable bonds is 0. The van der Waals surface area contributed by atoms with Gasteiger partial charge in [0.2, 0.25) is 0 Å². The van der Waals surface area contributed by atoms with Crippen LogP contribution in [-0.2, 0) is 0 Å². The summed E-state index contributed by atoms with van der Waals surface area (Å²) in [5.41, 5.74) is 5.70. The number of hydrogen-bond donors (Lipinski definition) is 2. The van der Waals surface area contributed by atoms with Crippen LogP contribution in [-0.4, -0.2) is 17.3 Å². The fourth-order valence-electron chi connectivity index (χ4n) is 1.49. The first-order valence-corrected chi connectivity index (χ1v) is 4.24. The lowest BCUT2D eigenvalue weighted by molar-refractivity contribution is 0.121. The second kappa shape index (κ2) is 5.81. The lowest BCUT2D eigenvalue weighted by Gasteiger charge is -2.21. The Bertz CT molecular complexity index is 88.1. The molecule has 1 fully saturated rings. The van der Waals surface area contributed by atoms with Crippen molar-refractivity contribution in [1.82, 2.24) is 0 Å². The molecular formula is C8H18ClNO. The highest BCUT2D eigenvalue weighted by Crippen LogP contribution is 2.15. The van der Waals surface area contributed by atoms with Gasteiger partial charge in [0.15, 0.2) is 0 Å². The minimum atomic E-state index is -0.236. The van der Waals surface area contributed by atoms with Crippen LogP contribution in [0.5, 0.6) is 0 Å². The molecule has 2 unspecified atom stereocenters. The van der Waals surface area contributed by atoms with E-state index in [-0.39, 0.29) is 24.6 Å². The highest BCUT2D eigenvalue weighted by atomic mass is 35.5. The molecule has 2 nitrogen and oxygen atoms in total. The molecule has 0 aromatic carbocycles. The van der Waals surface area contributed by atoms with Crippen molar-refractivity contribution in [3.8, 4) is 0 Å². The Morgan fingerprint density at radius 2 is 1.55 bits per heavy atom. The second-order valence-electron chi connectivity index (χ2n) is 3.22. The van der Waals surface area contributed by atoms with Gasteiger partial charge in [-0.25, -0.2) is 0 Å². The summed E-state index contributed by atoms with van der Waals surface area (Å²) >= 11 is 0. The smallest absolute Gasteiger partial charge is 0.0691 e. The molecule has 0 amide bonds. The number of nitrogens with two attached hydrogens (primary N) is 1. The molecule has 0 heterocycles. The van der Waals surface area contributed by atoms with Crippen LogP contribution >= 0.6 is 12.4 Å². The predicted octanol–water partition coefficient (Wildman–Crippen LogP) is 1.45. The molecule has 0 aliphatic heterocycles. The van der Waals surface area contributed by atoms with Crippen molar-refractivity contribution < 1.29 is 5.11 Å². The Kier molecular flexibility index (Phi) is 5.92. The second-order valence-corrected chi connectivity index (χ2v) is 3.22. The summed E-state index contributed by atoms with van der Waals surface area (Å²) in [5.74, 6) is 0. The molecule has 2 atom stereocenters. The highest BCUT2D eigenvalue weighted by Gasteiger charge is 2.15. The third-order valence-corrected chi connectivity index (χ3v) is 2.28. The SMILES string of the molecule is Cl.NC1CCCCCCC1O.